The summed E-state index contributed by atoms with van der Waals surface area (Å²) in [5, 5.41) is 3.12. The second-order valence-electron chi connectivity index (χ2n) is 10.8. The molecule has 0 saturated carbocycles. The van der Waals surface area contributed by atoms with Gasteiger partial charge in [-0.3, -0.25) is 4.79 Å². The lowest BCUT2D eigenvalue weighted by atomic mass is 9.97. The highest BCUT2D eigenvalue weighted by molar-refractivity contribution is 6.30. The minimum atomic E-state index is -0.544. The van der Waals surface area contributed by atoms with Crippen LogP contribution in [-0.2, 0) is 4.74 Å². The van der Waals surface area contributed by atoms with Gasteiger partial charge in [-0.2, -0.15) is 0 Å². The highest BCUT2D eigenvalue weighted by Gasteiger charge is 2.38. The molecule has 0 spiro atoms. The third-order valence-corrected chi connectivity index (χ3v) is 7.30. The highest BCUT2D eigenvalue weighted by Crippen LogP contribution is 2.30. The molecule has 1 aliphatic heterocycles. The third-order valence-electron chi connectivity index (χ3n) is 6.99. The lowest BCUT2D eigenvalue weighted by Gasteiger charge is -2.47. The molecule has 1 N–H and O–H groups in total. The van der Waals surface area contributed by atoms with E-state index in [2.05, 4.69) is 25.2 Å². The van der Waals surface area contributed by atoms with Crippen LogP contribution in [0.5, 0.6) is 0 Å². The molecule has 1 fully saturated rings. The van der Waals surface area contributed by atoms with Gasteiger partial charge < -0.3 is 19.9 Å². The molecule has 9 nitrogen and oxygen atoms in total. The number of esters is 1. The summed E-state index contributed by atoms with van der Waals surface area (Å²) >= 11 is 5.80. The number of aromatic nitrogens is 3. The Hall–Kier alpha value is -3.79. The SMILES string of the molecule is COC(=O)c1c(C)cc(N2CCN(C(=O)c3cnc(Nc4ccc(Cl)c(F)c4)c(C(C)C)n3)C(C)(C)C2)nc1C. The zero-order valence-electron chi connectivity index (χ0n) is 23.8. The minimum Gasteiger partial charge on any atom is -0.465 e. The normalized spacial score (nSPS) is 14.8. The van der Waals surface area contributed by atoms with E-state index in [1.807, 2.05) is 45.6 Å². The Bertz CT molecular complexity index is 1440. The average Bonchev–Trinajstić information content (AvgIpc) is 2.89. The number of nitrogens with one attached hydrogen (secondary N) is 1. The van der Waals surface area contributed by atoms with E-state index in [1.165, 1.54) is 25.4 Å². The van der Waals surface area contributed by atoms with Crippen LogP contribution in [0.3, 0.4) is 0 Å². The van der Waals surface area contributed by atoms with Crippen LogP contribution in [0.25, 0.3) is 0 Å². The standard InChI is InChI=1S/C29H34ClFN6O3/c1-16(2)25-26(34-19-8-9-20(30)21(31)13-19)32-14-22(35-25)27(38)37-11-10-36(15-29(37,5)6)23-12-17(3)24(18(4)33-23)28(39)40-7/h8-9,12-14,16H,10-11,15H2,1-7H3,(H,32,34). The number of piperazine rings is 1. The van der Waals surface area contributed by atoms with Crippen molar-refractivity contribution in [1.82, 2.24) is 19.9 Å². The predicted molar refractivity (Wildman–Crippen MR) is 153 cm³/mol. The van der Waals surface area contributed by atoms with Crippen molar-refractivity contribution in [2.45, 2.75) is 53.0 Å². The first-order chi connectivity index (χ1) is 18.8. The summed E-state index contributed by atoms with van der Waals surface area (Å²) in [6.45, 7) is 13.1. The van der Waals surface area contributed by atoms with Crippen molar-refractivity contribution in [1.29, 1.82) is 0 Å². The van der Waals surface area contributed by atoms with Crippen molar-refractivity contribution < 1.29 is 18.7 Å². The molecular weight excluding hydrogens is 535 g/mol. The monoisotopic (exact) mass is 568 g/mol. The number of hydrogen-bond donors (Lipinski definition) is 1. The van der Waals surface area contributed by atoms with Gasteiger partial charge in [0.05, 0.1) is 40.8 Å². The van der Waals surface area contributed by atoms with Gasteiger partial charge in [0, 0.05) is 25.3 Å². The Balaban J connectivity index is 1.55. The van der Waals surface area contributed by atoms with Crippen molar-refractivity contribution in [3.05, 3.63) is 69.5 Å². The number of carbonyl (C=O) groups excluding carboxylic acids is 2. The fourth-order valence-electron chi connectivity index (χ4n) is 4.96. The summed E-state index contributed by atoms with van der Waals surface area (Å²) in [6.07, 6.45) is 1.45. The largest absolute Gasteiger partial charge is 0.465 e. The maximum absolute atomic E-state index is 13.9. The number of hydrogen-bond acceptors (Lipinski definition) is 8. The Morgan fingerprint density at radius 2 is 1.88 bits per heavy atom. The second kappa shape index (κ2) is 11.4. The average molecular weight is 569 g/mol. The predicted octanol–water partition coefficient (Wildman–Crippen LogP) is 5.68. The molecule has 0 aliphatic carbocycles. The van der Waals surface area contributed by atoms with Crippen LogP contribution >= 0.6 is 11.6 Å². The Morgan fingerprint density at radius 1 is 1.15 bits per heavy atom. The Labute approximate surface area is 238 Å². The van der Waals surface area contributed by atoms with E-state index in [4.69, 9.17) is 16.3 Å². The van der Waals surface area contributed by atoms with Crippen LogP contribution in [0.15, 0.2) is 30.5 Å². The third kappa shape index (κ3) is 5.86. The van der Waals surface area contributed by atoms with Gasteiger partial charge in [-0.25, -0.2) is 24.1 Å². The highest BCUT2D eigenvalue weighted by atomic mass is 35.5. The molecule has 212 valence electrons. The molecule has 3 aromatic rings. The summed E-state index contributed by atoms with van der Waals surface area (Å²) in [5.74, 6) is -0.0184. The van der Waals surface area contributed by atoms with Crippen molar-refractivity contribution in [3.63, 3.8) is 0 Å². The number of halogens is 2. The number of anilines is 3. The van der Waals surface area contributed by atoms with Gasteiger partial charge in [-0.1, -0.05) is 25.4 Å². The molecule has 40 heavy (non-hydrogen) atoms. The van der Waals surface area contributed by atoms with Gasteiger partial charge in [0.15, 0.2) is 5.82 Å². The number of amides is 1. The summed E-state index contributed by atoms with van der Waals surface area (Å²) in [5.41, 5.74) is 2.63. The number of rotatable bonds is 6. The van der Waals surface area contributed by atoms with Crippen LogP contribution in [-0.4, -0.2) is 64.0 Å². The molecule has 1 saturated heterocycles. The van der Waals surface area contributed by atoms with Gasteiger partial charge in [0.2, 0.25) is 0 Å². The summed E-state index contributed by atoms with van der Waals surface area (Å²) in [6, 6.07) is 6.29. The van der Waals surface area contributed by atoms with E-state index >= 15 is 0 Å². The molecule has 0 atom stereocenters. The lowest BCUT2D eigenvalue weighted by molar-refractivity contribution is 0.0505. The first-order valence-electron chi connectivity index (χ1n) is 13.0. The first-order valence-corrected chi connectivity index (χ1v) is 13.4. The van der Waals surface area contributed by atoms with Gasteiger partial charge in [-0.15, -0.1) is 0 Å². The van der Waals surface area contributed by atoms with Gasteiger partial charge in [-0.05, 0) is 63.4 Å². The van der Waals surface area contributed by atoms with E-state index in [0.29, 0.717) is 48.1 Å². The molecular formula is C29H34ClFN6O3. The minimum absolute atomic E-state index is 0.0311. The molecule has 1 amide bonds. The molecule has 1 aliphatic rings. The molecule has 11 heteroatoms. The van der Waals surface area contributed by atoms with Crippen molar-refractivity contribution >= 4 is 40.8 Å². The van der Waals surface area contributed by atoms with E-state index in [9.17, 15) is 14.0 Å². The van der Waals surface area contributed by atoms with E-state index in [-0.39, 0.29) is 22.5 Å². The number of aryl methyl sites for hydroxylation is 2. The molecule has 0 unspecified atom stereocenters. The van der Waals surface area contributed by atoms with Crippen LogP contribution in [0.1, 0.15) is 71.4 Å². The van der Waals surface area contributed by atoms with Crippen LogP contribution in [0, 0.1) is 19.7 Å². The van der Waals surface area contributed by atoms with Crippen molar-refractivity contribution in [3.8, 4) is 0 Å². The zero-order chi connectivity index (χ0) is 29.4. The topological polar surface area (TPSA) is 101 Å². The Kier molecular flexibility index (Phi) is 8.30. The summed E-state index contributed by atoms with van der Waals surface area (Å²) < 4.78 is 18.8. The lowest BCUT2D eigenvalue weighted by Crippen LogP contribution is -2.61. The molecule has 0 radical (unpaired) electrons. The fraction of sp³-hybridized carbons (Fsp3) is 0.414. The second-order valence-corrected chi connectivity index (χ2v) is 11.2. The Morgan fingerprint density at radius 3 is 2.48 bits per heavy atom. The van der Waals surface area contributed by atoms with E-state index < -0.39 is 17.3 Å². The summed E-state index contributed by atoms with van der Waals surface area (Å²) in [7, 11) is 1.35. The van der Waals surface area contributed by atoms with Crippen LogP contribution in [0.2, 0.25) is 5.02 Å². The molecule has 3 heterocycles. The first kappa shape index (κ1) is 29.2. The molecule has 2 aromatic heterocycles. The van der Waals surface area contributed by atoms with E-state index in [1.54, 1.807) is 13.0 Å². The van der Waals surface area contributed by atoms with Crippen LogP contribution < -0.4 is 10.2 Å². The maximum atomic E-state index is 13.9. The molecule has 4 rings (SSSR count). The number of pyridine rings is 1. The van der Waals surface area contributed by atoms with Gasteiger partial charge in [0.1, 0.15) is 17.3 Å². The molecule has 1 aromatic carbocycles. The molecule has 0 bridgehead atoms. The number of ether oxygens (including phenoxy) is 1. The zero-order valence-corrected chi connectivity index (χ0v) is 24.6. The maximum Gasteiger partial charge on any atom is 0.339 e. The number of carbonyl (C=O) groups is 2. The fourth-order valence-corrected chi connectivity index (χ4v) is 5.08. The quantitative estimate of drug-likeness (QED) is 0.379. The van der Waals surface area contributed by atoms with Crippen molar-refractivity contribution in [2.24, 2.45) is 0 Å². The van der Waals surface area contributed by atoms with Gasteiger partial charge in [0.25, 0.3) is 5.91 Å². The smallest absolute Gasteiger partial charge is 0.339 e. The summed E-state index contributed by atoms with van der Waals surface area (Å²) in [4.78, 5) is 43.6. The van der Waals surface area contributed by atoms with Gasteiger partial charge >= 0.3 is 5.97 Å². The van der Waals surface area contributed by atoms with Crippen LogP contribution in [0.4, 0.5) is 21.7 Å². The van der Waals surface area contributed by atoms with Crippen molar-refractivity contribution in [2.75, 3.05) is 37.0 Å². The number of benzene rings is 1. The number of nitrogens with zero attached hydrogens (tertiary/aromatic N) is 5. The van der Waals surface area contributed by atoms with E-state index in [0.717, 1.165) is 11.4 Å². The number of methoxy groups -OCH3 is 1.